The monoisotopic (exact) mass is 379 g/mol. The predicted molar refractivity (Wildman–Crippen MR) is 112 cm³/mol. The number of para-hydroxylation sites is 1. The number of nitrogens with one attached hydrogen (secondary N) is 2. The number of hydrogen-bond acceptors (Lipinski definition) is 2. The molecule has 0 radical (unpaired) electrons. The molecule has 1 aliphatic rings. The summed E-state index contributed by atoms with van der Waals surface area (Å²) in [5.41, 5.74) is 1.92. The normalized spacial score (nSPS) is 19.1. The summed E-state index contributed by atoms with van der Waals surface area (Å²) in [6.07, 6.45) is 2.35. The van der Waals surface area contributed by atoms with Crippen molar-refractivity contribution in [3.63, 3.8) is 0 Å². The van der Waals surface area contributed by atoms with E-state index in [0.29, 0.717) is 37.9 Å². The smallest absolute Gasteiger partial charge is 0.321 e. The molecule has 2 N–H and O–H groups in total. The zero-order chi connectivity index (χ0) is 19.8. The first-order valence-corrected chi connectivity index (χ1v) is 10.1. The molecule has 0 bridgehead atoms. The van der Waals surface area contributed by atoms with E-state index >= 15 is 0 Å². The van der Waals surface area contributed by atoms with Crippen LogP contribution in [0.3, 0.4) is 0 Å². The van der Waals surface area contributed by atoms with Crippen LogP contribution in [0.4, 0.5) is 10.5 Å². The number of rotatable bonds is 6. The van der Waals surface area contributed by atoms with Crippen molar-refractivity contribution >= 4 is 17.6 Å². The number of piperidine rings is 1. The van der Waals surface area contributed by atoms with Gasteiger partial charge in [-0.1, -0.05) is 61.9 Å². The van der Waals surface area contributed by atoms with Crippen LogP contribution in [0, 0.1) is 11.8 Å². The molecule has 28 heavy (non-hydrogen) atoms. The van der Waals surface area contributed by atoms with Crippen LogP contribution in [0.1, 0.15) is 31.7 Å². The maximum atomic E-state index is 12.6. The van der Waals surface area contributed by atoms with Crippen LogP contribution < -0.4 is 10.6 Å². The molecule has 2 aromatic carbocycles. The van der Waals surface area contributed by atoms with Crippen molar-refractivity contribution < 1.29 is 9.59 Å². The van der Waals surface area contributed by atoms with Gasteiger partial charge in [0.15, 0.2) is 0 Å². The molecular weight excluding hydrogens is 350 g/mol. The second-order valence-electron chi connectivity index (χ2n) is 7.43. The van der Waals surface area contributed by atoms with Gasteiger partial charge in [-0.05, 0) is 36.0 Å². The molecule has 3 amide bonds. The number of benzene rings is 2. The number of amides is 3. The SMILES string of the molecule is CCC1CN(C(=O)Nc2ccccc2)CCC1CC(=O)NCc1ccccc1. The van der Waals surface area contributed by atoms with Crippen molar-refractivity contribution in [3.8, 4) is 0 Å². The topological polar surface area (TPSA) is 61.4 Å². The van der Waals surface area contributed by atoms with Gasteiger partial charge in [-0.2, -0.15) is 0 Å². The Morgan fingerprint density at radius 3 is 2.36 bits per heavy atom. The number of carbonyl (C=O) groups excluding carboxylic acids is 2. The van der Waals surface area contributed by atoms with Gasteiger partial charge >= 0.3 is 6.03 Å². The predicted octanol–water partition coefficient (Wildman–Crippen LogP) is 4.27. The molecule has 2 unspecified atom stereocenters. The van der Waals surface area contributed by atoms with Crippen molar-refractivity contribution in [2.24, 2.45) is 11.8 Å². The van der Waals surface area contributed by atoms with Crippen molar-refractivity contribution in [2.75, 3.05) is 18.4 Å². The minimum atomic E-state index is -0.0587. The van der Waals surface area contributed by atoms with Gasteiger partial charge in [0, 0.05) is 31.7 Å². The highest BCUT2D eigenvalue weighted by atomic mass is 16.2. The summed E-state index contributed by atoms with van der Waals surface area (Å²) in [6.45, 7) is 4.09. The van der Waals surface area contributed by atoms with E-state index in [9.17, 15) is 9.59 Å². The molecular formula is C23H29N3O2. The number of hydrogen-bond donors (Lipinski definition) is 2. The highest BCUT2D eigenvalue weighted by molar-refractivity contribution is 5.89. The van der Waals surface area contributed by atoms with E-state index in [0.717, 1.165) is 24.1 Å². The lowest BCUT2D eigenvalue weighted by molar-refractivity contribution is -0.123. The van der Waals surface area contributed by atoms with Gasteiger partial charge in [0.05, 0.1) is 0 Å². The van der Waals surface area contributed by atoms with E-state index in [4.69, 9.17) is 0 Å². The number of urea groups is 1. The summed E-state index contributed by atoms with van der Waals surface area (Å²) in [5.74, 6) is 0.758. The largest absolute Gasteiger partial charge is 0.352 e. The maximum Gasteiger partial charge on any atom is 0.321 e. The van der Waals surface area contributed by atoms with Crippen LogP contribution >= 0.6 is 0 Å². The quantitative estimate of drug-likeness (QED) is 0.787. The van der Waals surface area contributed by atoms with E-state index in [1.165, 1.54) is 0 Å². The Morgan fingerprint density at radius 2 is 1.68 bits per heavy atom. The molecule has 1 saturated heterocycles. The minimum absolute atomic E-state index is 0.0587. The van der Waals surface area contributed by atoms with Crippen molar-refractivity contribution in [2.45, 2.75) is 32.7 Å². The Bertz CT molecular complexity index is 764. The molecule has 5 nitrogen and oxygen atoms in total. The van der Waals surface area contributed by atoms with E-state index < -0.39 is 0 Å². The van der Waals surface area contributed by atoms with Crippen molar-refractivity contribution in [3.05, 3.63) is 66.2 Å². The molecule has 5 heteroatoms. The Hall–Kier alpha value is -2.82. The standard InChI is InChI=1S/C23H29N3O2/c1-2-19-17-26(23(28)25-21-11-7-4-8-12-21)14-13-20(19)15-22(27)24-16-18-9-5-3-6-10-18/h3-12,19-20H,2,13-17H2,1H3,(H,24,27)(H,25,28). The third-order valence-electron chi connectivity index (χ3n) is 5.51. The molecule has 1 aliphatic heterocycles. The molecule has 0 saturated carbocycles. The van der Waals surface area contributed by atoms with Gasteiger partial charge < -0.3 is 15.5 Å². The second kappa shape index (κ2) is 9.93. The molecule has 3 rings (SSSR count). The zero-order valence-corrected chi connectivity index (χ0v) is 16.4. The Kier molecular flexibility index (Phi) is 7.06. The minimum Gasteiger partial charge on any atom is -0.352 e. The van der Waals surface area contributed by atoms with Crippen LogP contribution in [0.5, 0.6) is 0 Å². The summed E-state index contributed by atoms with van der Waals surface area (Å²) in [5, 5.41) is 5.98. The Balaban J connectivity index is 1.48. The third-order valence-corrected chi connectivity index (χ3v) is 5.51. The first kappa shape index (κ1) is 19.9. The lowest BCUT2D eigenvalue weighted by atomic mass is 9.81. The van der Waals surface area contributed by atoms with Crippen molar-refractivity contribution in [1.29, 1.82) is 0 Å². The second-order valence-corrected chi connectivity index (χ2v) is 7.43. The van der Waals surface area contributed by atoms with Crippen LogP contribution in [-0.4, -0.2) is 29.9 Å². The number of anilines is 1. The number of likely N-dealkylation sites (tertiary alicyclic amines) is 1. The van der Waals surface area contributed by atoms with E-state index in [1.54, 1.807) is 0 Å². The highest BCUT2D eigenvalue weighted by Gasteiger charge is 2.31. The van der Waals surface area contributed by atoms with Gasteiger partial charge in [0.25, 0.3) is 0 Å². The molecule has 2 aromatic rings. The molecule has 1 fully saturated rings. The fraction of sp³-hybridized carbons (Fsp3) is 0.391. The lowest BCUT2D eigenvalue weighted by Crippen LogP contribution is -2.46. The number of nitrogens with zero attached hydrogens (tertiary/aromatic N) is 1. The highest BCUT2D eigenvalue weighted by Crippen LogP contribution is 2.29. The van der Waals surface area contributed by atoms with E-state index in [2.05, 4.69) is 17.6 Å². The van der Waals surface area contributed by atoms with Crippen molar-refractivity contribution in [1.82, 2.24) is 10.2 Å². The molecule has 0 aliphatic carbocycles. The van der Waals surface area contributed by atoms with Crippen LogP contribution in [0.2, 0.25) is 0 Å². The van der Waals surface area contributed by atoms with E-state index in [-0.39, 0.29) is 11.9 Å². The average molecular weight is 380 g/mol. The van der Waals surface area contributed by atoms with Gasteiger partial charge in [-0.15, -0.1) is 0 Å². The molecule has 0 aromatic heterocycles. The zero-order valence-electron chi connectivity index (χ0n) is 16.4. The van der Waals surface area contributed by atoms with Crippen LogP contribution in [-0.2, 0) is 11.3 Å². The summed E-state index contributed by atoms with van der Waals surface area (Å²) < 4.78 is 0. The van der Waals surface area contributed by atoms with Gasteiger partial charge in [-0.3, -0.25) is 4.79 Å². The fourth-order valence-corrected chi connectivity index (χ4v) is 3.83. The molecule has 2 atom stereocenters. The summed E-state index contributed by atoms with van der Waals surface area (Å²) >= 11 is 0. The molecule has 1 heterocycles. The summed E-state index contributed by atoms with van der Waals surface area (Å²) in [6, 6.07) is 19.4. The van der Waals surface area contributed by atoms with Gasteiger partial charge in [0.1, 0.15) is 0 Å². The number of carbonyl (C=O) groups is 2. The van der Waals surface area contributed by atoms with Crippen LogP contribution in [0.25, 0.3) is 0 Å². The summed E-state index contributed by atoms with van der Waals surface area (Å²) in [7, 11) is 0. The first-order chi connectivity index (χ1) is 13.7. The lowest BCUT2D eigenvalue weighted by Gasteiger charge is -2.38. The molecule has 0 spiro atoms. The molecule has 148 valence electrons. The van der Waals surface area contributed by atoms with E-state index in [1.807, 2.05) is 65.6 Å². The Morgan fingerprint density at radius 1 is 1.00 bits per heavy atom. The van der Waals surface area contributed by atoms with Crippen LogP contribution in [0.15, 0.2) is 60.7 Å². The van der Waals surface area contributed by atoms with Gasteiger partial charge in [0.2, 0.25) is 5.91 Å². The summed E-state index contributed by atoms with van der Waals surface area (Å²) in [4.78, 5) is 26.8. The first-order valence-electron chi connectivity index (χ1n) is 10.1. The van der Waals surface area contributed by atoms with Gasteiger partial charge in [-0.25, -0.2) is 4.79 Å². The fourth-order valence-electron chi connectivity index (χ4n) is 3.83. The average Bonchev–Trinajstić information content (AvgIpc) is 2.74. The Labute approximate surface area is 167 Å². The third kappa shape index (κ3) is 5.59. The maximum absolute atomic E-state index is 12.6.